The second kappa shape index (κ2) is 14.2. The van der Waals surface area contributed by atoms with Crippen molar-refractivity contribution in [3.63, 3.8) is 0 Å². The Kier molecular flexibility index (Phi) is 10.0. The number of nitrogen functional groups attached to an aromatic ring is 2. The fourth-order valence-electron chi connectivity index (χ4n) is 5.59. The second-order valence-electron chi connectivity index (χ2n) is 11.3. The molecule has 3 unspecified atom stereocenters. The summed E-state index contributed by atoms with van der Waals surface area (Å²) in [5, 5.41) is 2.24. The Labute approximate surface area is 274 Å². The van der Waals surface area contributed by atoms with Gasteiger partial charge >= 0.3 is 13.8 Å². The van der Waals surface area contributed by atoms with E-state index in [-0.39, 0.29) is 37.4 Å². The average molecular weight is 692 g/mol. The molecular formula is C27H38N11O9P. The molecule has 6 rings (SSSR count). The van der Waals surface area contributed by atoms with Crippen molar-refractivity contribution in [3.8, 4) is 0 Å². The Bertz CT molecular complexity index is 1790. The van der Waals surface area contributed by atoms with Gasteiger partial charge in [0.1, 0.15) is 54.5 Å². The number of ether oxygens (including phenoxy) is 5. The van der Waals surface area contributed by atoms with E-state index in [2.05, 4.69) is 35.0 Å². The van der Waals surface area contributed by atoms with Crippen molar-refractivity contribution in [1.29, 1.82) is 0 Å². The van der Waals surface area contributed by atoms with E-state index >= 15 is 0 Å². The molecule has 5 N–H and O–H groups in total. The number of hydrogen-bond acceptors (Lipinski definition) is 17. The smallest absolute Gasteiger partial charge is 0.438 e. The first-order valence-corrected chi connectivity index (χ1v) is 16.8. The number of carbonyl (C=O) groups excluding carboxylic acids is 1. The van der Waals surface area contributed by atoms with Gasteiger partial charge in [-0.2, -0.15) is 0 Å². The summed E-state index contributed by atoms with van der Waals surface area (Å²) >= 11 is 0. The first-order valence-electron chi connectivity index (χ1n) is 15.3. The summed E-state index contributed by atoms with van der Waals surface area (Å²) in [5.74, 6) is 0.448. The molecule has 0 bridgehead atoms. The summed E-state index contributed by atoms with van der Waals surface area (Å²) < 4.78 is 58.7. The molecule has 2 saturated heterocycles. The number of hydrogen-bond donors (Lipinski definition) is 3. The summed E-state index contributed by atoms with van der Waals surface area (Å²) in [5.41, 5.74) is 13.7. The Morgan fingerprint density at radius 1 is 0.938 bits per heavy atom. The summed E-state index contributed by atoms with van der Waals surface area (Å²) in [6.45, 7) is 5.78. The standard InChI is InChI=1S/C27H38N11O9P/c1-5-42-15-6-19(37-12-34-21-23(28)30-10-32-25(21)37)46-18(15)9-44-48(40,36-27(39)41-4)47-16-7-20(45-17(16)8-43-14(2)3)38-13-35-22-24(29)31-11-33-26(22)38/h10-20H,5-9H2,1-4H3,(H2,28,30,32)(H2,29,31,33)(H,36,39,40)/t15-,16-,17?,18?,19-,20-,48?/m1/s1. The van der Waals surface area contributed by atoms with Crippen molar-refractivity contribution in [2.75, 3.05) is 38.4 Å². The summed E-state index contributed by atoms with van der Waals surface area (Å²) in [4.78, 5) is 37.6. The molecule has 2 aliphatic rings. The normalized spacial score (nSPS) is 25.6. The van der Waals surface area contributed by atoms with Crippen LogP contribution >= 0.6 is 7.75 Å². The van der Waals surface area contributed by atoms with Gasteiger partial charge in [0.15, 0.2) is 22.9 Å². The van der Waals surface area contributed by atoms with Crippen molar-refractivity contribution in [1.82, 2.24) is 44.1 Å². The highest BCUT2D eigenvalue weighted by atomic mass is 31.2. The van der Waals surface area contributed by atoms with Crippen LogP contribution in [0, 0.1) is 0 Å². The van der Waals surface area contributed by atoms with Gasteiger partial charge in [0, 0.05) is 19.4 Å². The zero-order valence-corrected chi connectivity index (χ0v) is 27.6. The number of fused-ring (bicyclic) bond motifs is 2. The predicted molar refractivity (Wildman–Crippen MR) is 167 cm³/mol. The van der Waals surface area contributed by atoms with Gasteiger partial charge < -0.3 is 35.2 Å². The highest BCUT2D eigenvalue weighted by molar-refractivity contribution is 7.52. The van der Waals surface area contributed by atoms with Crippen LogP contribution in [-0.4, -0.2) is 103 Å². The van der Waals surface area contributed by atoms with Crippen LogP contribution < -0.4 is 16.6 Å². The monoisotopic (exact) mass is 691 g/mol. The molecule has 7 atom stereocenters. The topological polar surface area (TPSA) is 250 Å². The summed E-state index contributed by atoms with van der Waals surface area (Å²) in [6.07, 6.45) is 1.12. The molecule has 21 heteroatoms. The first-order chi connectivity index (χ1) is 23.1. The average Bonchev–Trinajstić information content (AvgIpc) is 3.85. The lowest BCUT2D eigenvalue weighted by Gasteiger charge is -2.26. The van der Waals surface area contributed by atoms with Crippen LogP contribution in [0.5, 0.6) is 0 Å². The van der Waals surface area contributed by atoms with Crippen LogP contribution in [0.1, 0.15) is 46.1 Å². The number of rotatable bonds is 13. The maximum absolute atomic E-state index is 14.3. The molecule has 4 aromatic rings. The van der Waals surface area contributed by atoms with E-state index in [0.29, 0.717) is 35.4 Å². The minimum absolute atomic E-state index is 0.0908. The summed E-state index contributed by atoms with van der Waals surface area (Å²) in [7, 11) is -3.30. The number of anilines is 2. The van der Waals surface area contributed by atoms with Crippen LogP contribution in [0.2, 0.25) is 0 Å². The van der Waals surface area contributed by atoms with E-state index < -0.39 is 50.7 Å². The van der Waals surface area contributed by atoms with Crippen molar-refractivity contribution < 1.29 is 42.1 Å². The second-order valence-corrected chi connectivity index (χ2v) is 13.0. The molecule has 0 saturated carbocycles. The van der Waals surface area contributed by atoms with Crippen LogP contribution in [0.25, 0.3) is 22.3 Å². The number of nitrogens with zero attached hydrogens (tertiary/aromatic N) is 8. The number of methoxy groups -OCH3 is 1. The first kappa shape index (κ1) is 33.8. The van der Waals surface area contributed by atoms with Gasteiger partial charge in [-0.25, -0.2) is 44.4 Å². The number of aromatic nitrogens is 8. The minimum atomic E-state index is -4.43. The highest BCUT2D eigenvalue weighted by Gasteiger charge is 2.45. The van der Waals surface area contributed by atoms with E-state index in [9.17, 15) is 9.36 Å². The van der Waals surface area contributed by atoms with E-state index in [4.69, 9.17) is 44.2 Å². The van der Waals surface area contributed by atoms with Crippen molar-refractivity contribution in [2.45, 2.75) is 76.6 Å². The SMILES string of the molecule is CCO[C@@H]1C[C@H](n2cnc3c(N)ncnc32)OC1COP(=O)(NC(=O)OC)O[C@@H]1C[C@H](n2cnc3c(N)ncnc32)OC1COC(C)C. The third-order valence-electron chi connectivity index (χ3n) is 7.83. The van der Waals surface area contributed by atoms with Crippen LogP contribution in [0.3, 0.4) is 0 Å². The quantitative estimate of drug-likeness (QED) is 0.170. The number of nitrogens with two attached hydrogens (primary N) is 2. The number of nitrogens with one attached hydrogen (secondary N) is 1. The van der Waals surface area contributed by atoms with Crippen LogP contribution in [0.4, 0.5) is 16.4 Å². The van der Waals surface area contributed by atoms with Gasteiger partial charge in [0.2, 0.25) is 0 Å². The molecule has 260 valence electrons. The Balaban J connectivity index is 1.21. The fraction of sp³-hybridized carbons (Fsp3) is 0.593. The lowest BCUT2D eigenvalue weighted by molar-refractivity contribution is -0.0744. The van der Waals surface area contributed by atoms with E-state index in [1.165, 1.54) is 19.0 Å². The lowest BCUT2D eigenvalue weighted by atomic mass is 10.2. The third kappa shape index (κ3) is 7.05. The molecule has 0 aromatic carbocycles. The van der Waals surface area contributed by atoms with Crippen molar-refractivity contribution in [2.24, 2.45) is 0 Å². The fourth-order valence-corrected chi connectivity index (χ4v) is 7.00. The molecule has 0 aliphatic carbocycles. The summed E-state index contributed by atoms with van der Waals surface area (Å²) in [6, 6.07) is 0. The zero-order chi connectivity index (χ0) is 34.0. The van der Waals surface area contributed by atoms with E-state index in [0.717, 1.165) is 7.11 Å². The van der Waals surface area contributed by atoms with Gasteiger partial charge in [-0.15, -0.1) is 0 Å². The Morgan fingerprint density at radius 3 is 2.04 bits per heavy atom. The van der Waals surface area contributed by atoms with Crippen molar-refractivity contribution in [3.05, 3.63) is 25.3 Å². The number of carbonyl (C=O) groups is 1. The highest BCUT2D eigenvalue weighted by Crippen LogP contribution is 2.50. The molecule has 6 heterocycles. The Hall–Kier alpha value is -4.04. The van der Waals surface area contributed by atoms with Crippen LogP contribution in [0.15, 0.2) is 25.3 Å². The minimum Gasteiger partial charge on any atom is -0.453 e. The maximum atomic E-state index is 14.3. The van der Waals surface area contributed by atoms with Crippen molar-refractivity contribution >= 4 is 47.8 Å². The molecule has 1 amide bonds. The van der Waals surface area contributed by atoms with Gasteiger partial charge in [-0.1, -0.05) is 0 Å². The predicted octanol–water partition coefficient (Wildman–Crippen LogP) is 2.10. The molecule has 2 aliphatic heterocycles. The lowest BCUT2D eigenvalue weighted by Crippen LogP contribution is -2.34. The van der Waals surface area contributed by atoms with Gasteiger partial charge in [0.25, 0.3) is 0 Å². The number of imidazole rings is 2. The largest absolute Gasteiger partial charge is 0.453 e. The van der Waals surface area contributed by atoms with Gasteiger partial charge in [-0.3, -0.25) is 18.2 Å². The van der Waals surface area contributed by atoms with E-state index in [1.807, 2.05) is 20.8 Å². The maximum Gasteiger partial charge on any atom is 0.438 e. The molecule has 48 heavy (non-hydrogen) atoms. The van der Waals surface area contributed by atoms with Gasteiger partial charge in [-0.05, 0) is 20.8 Å². The molecule has 4 aromatic heterocycles. The molecule has 2 fully saturated rings. The molecular weight excluding hydrogens is 653 g/mol. The van der Waals surface area contributed by atoms with E-state index in [1.54, 1.807) is 15.5 Å². The van der Waals surface area contributed by atoms with Crippen LogP contribution in [-0.2, 0) is 37.3 Å². The third-order valence-corrected chi connectivity index (χ3v) is 9.32. The molecule has 0 radical (unpaired) electrons. The van der Waals surface area contributed by atoms with Gasteiger partial charge in [0.05, 0.1) is 45.2 Å². The zero-order valence-electron chi connectivity index (χ0n) is 26.7. The number of amides is 1. The molecule has 20 nitrogen and oxygen atoms in total. The Morgan fingerprint density at radius 2 is 1.50 bits per heavy atom. The molecule has 0 spiro atoms.